The van der Waals surface area contributed by atoms with Crippen LogP contribution in [0.1, 0.15) is 18.1 Å². The first-order valence-corrected chi connectivity index (χ1v) is 6.96. The summed E-state index contributed by atoms with van der Waals surface area (Å²) in [5, 5.41) is 0. The third-order valence-electron chi connectivity index (χ3n) is 2.81. The summed E-state index contributed by atoms with van der Waals surface area (Å²) in [5.74, 6) is 0. The molecule has 0 radical (unpaired) electrons. The van der Waals surface area contributed by atoms with Crippen LogP contribution in [0.2, 0.25) is 0 Å². The molecule has 0 bridgehead atoms. The van der Waals surface area contributed by atoms with Crippen LogP contribution < -0.4 is 4.31 Å². The quantitative estimate of drug-likeness (QED) is 0.766. The summed E-state index contributed by atoms with van der Waals surface area (Å²) in [5.41, 5.74) is 3.28. The van der Waals surface area contributed by atoms with Crippen LogP contribution >= 0.6 is 0 Å². The molecule has 0 spiro atoms. The van der Waals surface area contributed by atoms with E-state index in [1.807, 2.05) is 12.1 Å². The molecule has 0 atom stereocenters. The van der Waals surface area contributed by atoms with E-state index in [2.05, 4.69) is 13.0 Å². The minimum absolute atomic E-state index is 0.585. The average molecular weight is 225 g/mol. The predicted molar refractivity (Wildman–Crippen MR) is 61.7 cm³/mol. The smallest absolute Gasteiger partial charge is 0.232 e. The van der Waals surface area contributed by atoms with Gasteiger partial charge in [0.25, 0.3) is 0 Å². The lowest BCUT2D eigenvalue weighted by Gasteiger charge is -2.16. The molecule has 0 saturated carbocycles. The zero-order chi connectivity index (χ0) is 11.1. The molecule has 0 unspecified atom stereocenters. The van der Waals surface area contributed by atoms with Crippen molar-refractivity contribution in [2.24, 2.45) is 0 Å². The van der Waals surface area contributed by atoms with Gasteiger partial charge in [-0.05, 0) is 30.0 Å². The predicted octanol–water partition coefficient (Wildman–Crippen LogP) is 1.57. The van der Waals surface area contributed by atoms with E-state index in [-0.39, 0.29) is 0 Å². The molecule has 1 aromatic rings. The molecule has 2 rings (SSSR count). The van der Waals surface area contributed by atoms with Crippen LogP contribution in [0, 0.1) is 0 Å². The van der Waals surface area contributed by atoms with Crippen LogP contribution in [-0.2, 0) is 22.9 Å². The fourth-order valence-electron chi connectivity index (χ4n) is 1.99. The molecule has 1 aliphatic heterocycles. The molecule has 0 aliphatic carbocycles. The molecule has 82 valence electrons. The van der Waals surface area contributed by atoms with Crippen LogP contribution in [-0.4, -0.2) is 21.2 Å². The van der Waals surface area contributed by atoms with Gasteiger partial charge in [-0.15, -0.1) is 0 Å². The average Bonchev–Trinajstić information content (AvgIpc) is 2.59. The Balaban J connectivity index is 2.45. The minimum atomic E-state index is -3.10. The minimum Gasteiger partial charge on any atom is -0.270 e. The number of fused-ring (bicyclic) bond motifs is 1. The number of anilines is 1. The summed E-state index contributed by atoms with van der Waals surface area (Å²) >= 11 is 0. The fourth-order valence-corrected chi connectivity index (χ4v) is 2.95. The van der Waals surface area contributed by atoms with E-state index in [1.165, 1.54) is 16.1 Å². The van der Waals surface area contributed by atoms with Gasteiger partial charge in [0.2, 0.25) is 10.0 Å². The topological polar surface area (TPSA) is 37.4 Å². The highest BCUT2D eigenvalue weighted by molar-refractivity contribution is 7.92. The Labute approximate surface area is 90.8 Å². The van der Waals surface area contributed by atoms with Crippen molar-refractivity contribution in [2.75, 3.05) is 17.1 Å². The summed E-state index contributed by atoms with van der Waals surface area (Å²) in [4.78, 5) is 0. The molecule has 0 N–H and O–H groups in total. The molecule has 3 nitrogen and oxygen atoms in total. The van der Waals surface area contributed by atoms with Crippen LogP contribution in [0.15, 0.2) is 18.2 Å². The lowest BCUT2D eigenvalue weighted by molar-refractivity contribution is 0.598. The number of sulfonamides is 1. The van der Waals surface area contributed by atoms with Gasteiger partial charge in [0.05, 0.1) is 11.9 Å². The lowest BCUT2D eigenvalue weighted by atomic mass is 10.1. The van der Waals surface area contributed by atoms with Crippen molar-refractivity contribution in [3.8, 4) is 0 Å². The van der Waals surface area contributed by atoms with Crippen molar-refractivity contribution in [3.05, 3.63) is 29.3 Å². The monoisotopic (exact) mass is 225 g/mol. The maximum Gasteiger partial charge on any atom is 0.232 e. The van der Waals surface area contributed by atoms with Gasteiger partial charge >= 0.3 is 0 Å². The Hall–Kier alpha value is -1.03. The molecule has 0 aromatic heterocycles. The normalized spacial score (nSPS) is 15.5. The summed E-state index contributed by atoms with van der Waals surface area (Å²) in [6, 6.07) is 6.03. The third-order valence-corrected chi connectivity index (χ3v) is 3.99. The van der Waals surface area contributed by atoms with Crippen molar-refractivity contribution in [3.63, 3.8) is 0 Å². The van der Waals surface area contributed by atoms with E-state index in [9.17, 15) is 8.42 Å². The second-order valence-electron chi connectivity index (χ2n) is 3.90. The SMILES string of the molecule is CCc1ccc2c(c1)CCN2S(C)(=O)=O. The van der Waals surface area contributed by atoms with Gasteiger partial charge in [0, 0.05) is 6.54 Å². The van der Waals surface area contributed by atoms with E-state index < -0.39 is 10.0 Å². The maximum absolute atomic E-state index is 11.5. The summed E-state index contributed by atoms with van der Waals surface area (Å²) in [6.07, 6.45) is 3.08. The first kappa shape index (κ1) is 10.5. The molecule has 1 aliphatic rings. The van der Waals surface area contributed by atoms with Crippen molar-refractivity contribution in [2.45, 2.75) is 19.8 Å². The van der Waals surface area contributed by atoms with Crippen molar-refractivity contribution >= 4 is 15.7 Å². The molecule has 15 heavy (non-hydrogen) atoms. The molecule has 0 amide bonds. The second kappa shape index (κ2) is 3.52. The van der Waals surface area contributed by atoms with E-state index >= 15 is 0 Å². The zero-order valence-corrected chi connectivity index (χ0v) is 9.84. The molecule has 0 fully saturated rings. The van der Waals surface area contributed by atoms with E-state index in [1.54, 1.807) is 0 Å². The number of hydrogen-bond acceptors (Lipinski definition) is 2. The van der Waals surface area contributed by atoms with Crippen LogP contribution in [0.5, 0.6) is 0 Å². The zero-order valence-electron chi connectivity index (χ0n) is 9.03. The first-order valence-electron chi connectivity index (χ1n) is 5.12. The van der Waals surface area contributed by atoms with Crippen molar-refractivity contribution in [1.82, 2.24) is 0 Å². The highest BCUT2D eigenvalue weighted by atomic mass is 32.2. The van der Waals surface area contributed by atoms with Gasteiger partial charge in [-0.1, -0.05) is 19.1 Å². The summed E-state index contributed by atoms with van der Waals surface area (Å²) in [6.45, 7) is 2.69. The molecular formula is C11H15NO2S. The number of rotatable bonds is 2. The highest BCUT2D eigenvalue weighted by Crippen LogP contribution is 2.30. The summed E-state index contributed by atoms with van der Waals surface area (Å²) < 4.78 is 24.4. The fraction of sp³-hybridized carbons (Fsp3) is 0.455. The highest BCUT2D eigenvalue weighted by Gasteiger charge is 2.25. The Morgan fingerprint density at radius 1 is 1.40 bits per heavy atom. The number of nitrogens with zero attached hydrogens (tertiary/aromatic N) is 1. The lowest BCUT2D eigenvalue weighted by Crippen LogP contribution is -2.27. The van der Waals surface area contributed by atoms with Gasteiger partial charge in [-0.25, -0.2) is 8.42 Å². The van der Waals surface area contributed by atoms with Gasteiger partial charge in [-0.2, -0.15) is 0 Å². The Bertz CT molecular complexity index is 479. The standard InChI is InChI=1S/C11H15NO2S/c1-3-9-4-5-11-10(8-9)6-7-12(11)15(2,13)14/h4-5,8H,3,6-7H2,1-2H3. The number of hydrogen-bond donors (Lipinski definition) is 0. The van der Waals surface area contributed by atoms with Gasteiger partial charge in [0.1, 0.15) is 0 Å². The molecule has 1 aromatic carbocycles. The van der Waals surface area contributed by atoms with Crippen LogP contribution in [0.3, 0.4) is 0 Å². The maximum atomic E-state index is 11.5. The summed E-state index contributed by atoms with van der Waals surface area (Å²) in [7, 11) is -3.10. The number of aryl methyl sites for hydroxylation is 1. The largest absolute Gasteiger partial charge is 0.270 e. The molecule has 4 heteroatoms. The molecular weight excluding hydrogens is 210 g/mol. The Kier molecular flexibility index (Phi) is 2.46. The van der Waals surface area contributed by atoms with E-state index in [0.717, 1.165) is 24.1 Å². The van der Waals surface area contributed by atoms with Gasteiger partial charge in [-0.3, -0.25) is 4.31 Å². The van der Waals surface area contributed by atoms with Crippen molar-refractivity contribution in [1.29, 1.82) is 0 Å². The molecule has 0 saturated heterocycles. The second-order valence-corrected chi connectivity index (χ2v) is 5.81. The Morgan fingerprint density at radius 3 is 2.73 bits per heavy atom. The molecule has 1 heterocycles. The van der Waals surface area contributed by atoms with E-state index in [4.69, 9.17) is 0 Å². The van der Waals surface area contributed by atoms with E-state index in [0.29, 0.717) is 6.54 Å². The van der Waals surface area contributed by atoms with Gasteiger partial charge < -0.3 is 0 Å². The number of benzene rings is 1. The van der Waals surface area contributed by atoms with Crippen LogP contribution in [0.25, 0.3) is 0 Å². The third kappa shape index (κ3) is 1.86. The Morgan fingerprint density at radius 2 is 2.13 bits per heavy atom. The first-order chi connectivity index (χ1) is 7.02. The van der Waals surface area contributed by atoms with Crippen molar-refractivity contribution < 1.29 is 8.42 Å². The van der Waals surface area contributed by atoms with Gasteiger partial charge in [0.15, 0.2) is 0 Å². The van der Waals surface area contributed by atoms with Crippen LogP contribution in [0.4, 0.5) is 5.69 Å².